The minimum absolute atomic E-state index is 0.0240. The standard InChI is InChI=1S/C19H25N3O3/c1-12-5-6-16(14(9-12)19(2,3)4)25-11-17(23)22-8-7-15-13(10-22)18(24)21-20-15/h5-6,9H,7-8,10-11H2,1-4H3,(H2,20,21,24). The molecule has 1 amide bonds. The van der Waals surface area contributed by atoms with Crippen LogP contribution in [0.5, 0.6) is 5.75 Å². The summed E-state index contributed by atoms with van der Waals surface area (Å²) in [6.45, 7) is 9.31. The van der Waals surface area contributed by atoms with Crippen LogP contribution in [0.1, 0.15) is 43.2 Å². The highest BCUT2D eigenvalue weighted by Crippen LogP contribution is 2.32. The molecule has 1 aromatic heterocycles. The lowest BCUT2D eigenvalue weighted by molar-refractivity contribution is -0.134. The number of aromatic nitrogens is 2. The molecule has 2 N–H and O–H groups in total. The van der Waals surface area contributed by atoms with Gasteiger partial charge in [0.25, 0.3) is 11.5 Å². The summed E-state index contributed by atoms with van der Waals surface area (Å²) in [5.74, 6) is 0.635. The van der Waals surface area contributed by atoms with Gasteiger partial charge in [-0.2, -0.15) is 0 Å². The molecule has 2 aromatic rings. The van der Waals surface area contributed by atoms with Crippen LogP contribution < -0.4 is 10.3 Å². The van der Waals surface area contributed by atoms with Crippen LogP contribution in [-0.2, 0) is 23.2 Å². The van der Waals surface area contributed by atoms with E-state index in [9.17, 15) is 9.59 Å². The highest BCUT2D eigenvalue weighted by molar-refractivity contribution is 5.78. The van der Waals surface area contributed by atoms with Gasteiger partial charge >= 0.3 is 0 Å². The Morgan fingerprint density at radius 3 is 2.76 bits per heavy atom. The lowest BCUT2D eigenvalue weighted by Gasteiger charge is -2.27. The number of aryl methyl sites for hydroxylation is 1. The summed E-state index contributed by atoms with van der Waals surface area (Å²) >= 11 is 0. The Kier molecular flexibility index (Phi) is 4.45. The van der Waals surface area contributed by atoms with Crippen molar-refractivity contribution in [2.75, 3.05) is 13.2 Å². The average molecular weight is 343 g/mol. The number of nitrogens with one attached hydrogen (secondary N) is 2. The molecule has 0 radical (unpaired) electrons. The first-order chi connectivity index (χ1) is 11.8. The Morgan fingerprint density at radius 1 is 1.28 bits per heavy atom. The molecular formula is C19H25N3O3. The molecule has 0 bridgehead atoms. The van der Waals surface area contributed by atoms with E-state index in [0.717, 1.165) is 17.0 Å². The molecule has 1 aromatic carbocycles. The van der Waals surface area contributed by atoms with Gasteiger partial charge in [-0.05, 0) is 24.0 Å². The van der Waals surface area contributed by atoms with Crippen molar-refractivity contribution in [1.29, 1.82) is 0 Å². The van der Waals surface area contributed by atoms with Crippen LogP contribution in [0.2, 0.25) is 0 Å². The maximum atomic E-state index is 12.5. The van der Waals surface area contributed by atoms with Crippen LogP contribution in [0.25, 0.3) is 0 Å². The van der Waals surface area contributed by atoms with Crippen molar-refractivity contribution in [3.8, 4) is 5.75 Å². The largest absolute Gasteiger partial charge is 0.483 e. The van der Waals surface area contributed by atoms with Gasteiger partial charge in [0.05, 0.1) is 12.1 Å². The molecule has 1 aliphatic heterocycles. The van der Waals surface area contributed by atoms with Gasteiger partial charge in [-0.3, -0.25) is 14.7 Å². The molecule has 6 nitrogen and oxygen atoms in total. The van der Waals surface area contributed by atoms with Crippen molar-refractivity contribution in [2.24, 2.45) is 0 Å². The van der Waals surface area contributed by atoms with Crippen molar-refractivity contribution >= 4 is 5.91 Å². The summed E-state index contributed by atoms with van der Waals surface area (Å²) in [5, 5.41) is 5.44. The molecule has 0 unspecified atom stereocenters. The van der Waals surface area contributed by atoms with Gasteiger partial charge in [-0.25, -0.2) is 0 Å². The number of hydrogen-bond donors (Lipinski definition) is 2. The molecule has 0 atom stereocenters. The summed E-state index contributed by atoms with van der Waals surface area (Å²) in [4.78, 5) is 25.9. The minimum Gasteiger partial charge on any atom is -0.483 e. The summed E-state index contributed by atoms with van der Waals surface area (Å²) in [5.41, 5.74) is 3.57. The molecule has 134 valence electrons. The first-order valence-electron chi connectivity index (χ1n) is 8.56. The van der Waals surface area contributed by atoms with Gasteiger partial charge in [0.1, 0.15) is 5.75 Å². The molecule has 6 heteroatoms. The average Bonchev–Trinajstić information content (AvgIpc) is 2.93. The highest BCUT2D eigenvalue weighted by atomic mass is 16.5. The van der Waals surface area contributed by atoms with Crippen LogP contribution in [0.3, 0.4) is 0 Å². The second kappa shape index (κ2) is 6.43. The number of hydrogen-bond acceptors (Lipinski definition) is 3. The number of amides is 1. The number of rotatable bonds is 3. The number of carbonyl (C=O) groups excluding carboxylic acids is 1. The van der Waals surface area contributed by atoms with E-state index in [1.54, 1.807) is 4.90 Å². The van der Waals surface area contributed by atoms with E-state index in [0.29, 0.717) is 25.1 Å². The van der Waals surface area contributed by atoms with Crippen LogP contribution in [0.15, 0.2) is 23.0 Å². The predicted octanol–water partition coefficient (Wildman–Crippen LogP) is 2.27. The molecule has 2 heterocycles. The third-order valence-corrected chi connectivity index (χ3v) is 4.59. The molecule has 0 saturated heterocycles. The van der Waals surface area contributed by atoms with Gasteiger partial charge in [-0.15, -0.1) is 0 Å². The number of ether oxygens (including phenoxy) is 1. The van der Waals surface area contributed by atoms with E-state index in [1.165, 1.54) is 5.56 Å². The van der Waals surface area contributed by atoms with Crippen molar-refractivity contribution in [2.45, 2.75) is 46.1 Å². The molecule has 25 heavy (non-hydrogen) atoms. The Balaban J connectivity index is 1.70. The predicted molar refractivity (Wildman–Crippen MR) is 95.9 cm³/mol. The Hall–Kier alpha value is -2.50. The first kappa shape index (κ1) is 17.3. The number of benzene rings is 1. The fraction of sp³-hybridized carbons (Fsp3) is 0.474. The monoisotopic (exact) mass is 343 g/mol. The third kappa shape index (κ3) is 3.62. The fourth-order valence-corrected chi connectivity index (χ4v) is 3.12. The van der Waals surface area contributed by atoms with Crippen molar-refractivity contribution in [3.05, 3.63) is 50.9 Å². The van der Waals surface area contributed by atoms with Gasteiger partial charge in [-0.1, -0.05) is 38.5 Å². The van der Waals surface area contributed by atoms with E-state index in [4.69, 9.17) is 4.74 Å². The first-order valence-corrected chi connectivity index (χ1v) is 8.56. The normalized spacial score (nSPS) is 14.3. The molecule has 0 spiro atoms. The summed E-state index contributed by atoms with van der Waals surface area (Å²) in [6.07, 6.45) is 0.650. The lowest BCUT2D eigenvalue weighted by Crippen LogP contribution is -2.40. The van der Waals surface area contributed by atoms with Gasteiger partial charge in [0.2, 0.25) is 0 Å². The highest BCUT2D eigenvalue weighted by Gasteiger charge is 2.25. The zero-order valence-electron chi connectivity index (χ0n) is 15.2. The summed E-state index contributed by atoms with van der Waals surface area (Å²) in [6, 6.07) is 6.02. The zero-order chi connectivity index (χ0) is 18.2. The molecule has 0 fully saturated rings. The Labute approximate surface area is 147 Å². The molecular weight excluding hydrogens is 318 g/mol. The third-order valence-electron chi connectivity index (χ3n) is 4.59. The van der Waals surface area contributed by atoms with E-state index in [1.807, 2.05) is 19.1 Å². The summed E-state index contributed by atoms with van der Waals surface area (Å²) in [7, 11) is 0. The Morgan fingerprint density at radius 2 is 2.04 bits per heavy atom. The minimum atomic E-state index is -0.151. The molecule has 0 aliphatic carbocycles. The zero-order valence-corrected chi connectivity index (χ0v) is 15.2. The van der Waals surface area contributed by atoms with E-state index in [2.05, 4.69) is 37.0 Å². The van der Waals surface area contributed by atoms with Crippen LogP contribution in [0.4, 0.5) is 0 Å². The number of nitrogens with zero attached hydrogens (tertiary/aromatic N) is 1. The van der Waals surface area contributed by atoms with Crippen molar-refractivity contribution < 1.29 is 9.53 Å². The maximum Gasteiger partial charge on any atom is 0.269 e. The maximum absolute atomic E-state index is 12.5. The number of fused-ring (bicyclic) bond motifs is 1. The van der Waals surface area contributed by atoms with Crippen LogP contribution >= 0.6 is 0 Å². The van der Waals surface area contributed by atoms with Gasteiger partial charge < -0.3 is 14.7 Å². The lowest BCUT2D eigenvalue weighted by atomic mass is 9.85. The van der Waals surface area contributed by atoms with E-state index in [-0.39, 0.29) is 23.5 Å². The van der Waals surface area contributed by atoms with Crippen LogP contribution in [-0.4, -0.2) is 34.2 Å². The number of H-pyrrole nitrogens is 2. The van der Waals surface area contributed by atoms with Crippen molar-refractivity contribution in [3.63, 3.8) is 0 Å². The second-order valence-electron chi connectivity index (χ2n) is 7.64. The number of aromatic amines is 2. The quantitative estimate of drug-likeness (QED) is 0.897. The number of carbonyl (C=O) groups is 1. The summed E-state index contributed by atoms with van der Waals surface area (Å²) < 4.78 is 5.85. The molecule has 0 saturated carbocycles. The van der Waals surface area contributed by atoms with Gasteiger partial charge in [0, 0.05) is 18.7 Å². The molecule has 1 aliphatic rings. The SMILES string of the molecule is Cc1ccc(OCC(=O)N2CCc3[nH][nH]c(=O)c3C2)c(C(C)(C)C)c1. The van der Waals surface area contributed by atoms with Crippen molar-refractivity contribution in [1.82, 2.24) is 15.1 Å². The van der Waals surface area contributed by atoms with E-state index >= 15 is 0 Å². The van der Waals surface area contributed by atoms with Gasteiger partial charge in [0.15, 0.2) is 6.61 Å². The van der Waals surface area contributed by atoms with E-state index < -0.39 is 0 Å². The van der Waals surface area contributed by atoms with Crippen LogP contribution in [0, 0.1) is 6.92 Å². The smallest absolute Gasteiger partial charge is 0.269 e. The topological polar surface area (TPSA) is 78.2 Å². The second-order valence-corrected chi connectivity index (χ2v) is 7.64. The fourth-order valence-electron chi connectivity index (χ4n) is 3.12. The molecule has 3 rings (SSSR count). The Bertz CT molecular complexity index is 842.